The van der Waals surface area contributed by atoms with Gasteiger partial charge < -0.3 is 39.5 Å². The second kappa shape index (κ2) is 11.9. The molecule has 0 bridgehead atoms. The first-order chi connectivity index (χ1) is 18.9. The van der Waals surface area contributed by atoms with Crippen LogP contribution in [0.2, 0.25) is 5.02 Å². The number of aliphatic hydroxyl groups excluding tert-OH is 2. The highest BCUT2D eigenvalue weighted by Gasteiger charge is 2.46. The molecule has 2 aliphatic rings. The minimum absolute atomic E-state index is 0.210. The molecule has 0 amide bonds. The second-order valence-corrected chi connectivity index (χ2v) is 14.9. The summed E-state index contributed by atoms with van der Waals surface area (Å²) in [6.45, 7) is -0.390. The first kappa shape index (κ1) is 29.8. The van der Waals surface area contributed by atoms with Gasteiger partial charge in [0.1, 0.15) is 18.3 Å². The fraction of sp³-hybridized carbons (Fsp3) is 0.524. The summed E-state index contributed by atoms with van der Waals surface area (Å²) in [6, 6.07) is 7.32. The number of anilines is 1. The summed E-state index contributed by atoms with van der Waals surface area (Å²) in [7, 11) is -9.55. The third-order valence-electron chi connectivity index (χ3n) is 6.23. The molecular weight excluding hydrogens is 610 g/mol. The molecule has 15 nitrogen and oxygen atoms in total. The number of rotatable bonds is 12. The Kier molecular flexibility index (Phi) is 8.87. The van der Waals surface area contributed by atoms with Crippen LogP contribution in [0.3, 0.4) is 0 Å². The molecule has 1 saturated carbocycles. The Bertz CT molecular complexity index is 1470. The van der Waals surface area contributed by atoms with Gasteiger partial charge in [0.2, 0.25) is 0 Å². The summed E-state index contributed by atoms with van der Waals surface area (Å²) in [4.78, 5) is 36.9. The molecule has 40 heavy (non-hydrogen) atoms. The molecule has 3 heterocycles. The minimum Gasteiger partial charge on any atom is -0.387 e. The number of aliphatic hydroxyl groups is 2. The normalized spacial score (nSPS) is 24.9. The topological polar surface area (TPSA) is 222 Å². The molecule has 2 aromatic heterocycles. The van der Waals surface area contributed by atoms with E-state index in [4.69, 9.17) is 30.6 Å². The number of aromatic nitrogens is 5. The van der Waals surface area contributed by atoms with Gasteiger partial charge in [-0.3, -0.25) is 9.13 Å². The maximum absolute atomic E-state index is 12.0. The van der Waals surface area contributed by atoms with Gasteiger partial charge in [-0.2, -0.15) is 4.68 Å². The van der Waals surface area contributed by atoms with Gasteiger partial charge in [-0.25, -0.2) is 9.97 Å². The lowest BCUT2D eigenvalue weighted by Crippen LogP contribution is -2.33. The second-order valence-electron chi connectivity index (χ2n) is 9.55. The van der Waals surface area contributed by atoms with Gasteiger partial charge in [0.15, 0.2) is 34.3 Å². The summed E-state index contributed by atoms with van der Waals surface area (Å²) >= 11 is 7.76. The number of benzene rings is 1. The number of nitrogens with zero attached hydrogens (tertiary/aromatic N) is 5. The van der Waals surface area contributed by atoms with E-state index in [1.165, 1.54) is 16.4 Å². The van der Waals surface area contributed by atoms with Gasteiger partial charge in [-0.15, -0.1) is 5.10 Å². The summed E-state index contributed by atoms with van der Waals surface area (Å²) in [5, 5.41) is 33.7. The fourth-order valence-electron chi connectivity index (χ4n) is 4.00. The molecule has 1 aliphatic carbocycles. The Morgan fingerprint density at radius 2 is 1.90 bits per heavy atom. The molecule has 0 radical (unpaired) electrons. The van der Waals surface area contributed by atoms with Gasteiger partial charge in [0.25, 0.3) is 0 Å². The van der Waals surface area contributed by atoms with E-state index in [0.717, 1.165) is 24.2 Å². The van der Waals surface area contributed by atoms with E-state index < -0.39 is 52.2 Å². The van der Waals surface area contributed by atoms with Crippen molar-refractivity contribution in [3.05, 3.63) is 34.9 Å². The molecule has 5 rings (SSSR count). The van der Waals surface area contributed by atoms with Crippen LogP contribution in [-0.4, -0.2) is 86.4 Å². The molecule has 19 heteroatoms. The van der Waals surface area contributed by atoms with Gasteiger partial charge >= 0.3 is 15.2 Å². The summed E-state index contributed by atoms with van der Waals surface area (Å²) in [6.07, 6.45) is -3.48. The van der Waals surface area contributed by atoms with Crippen molar-refractivity contribution in [1.29, 1.82) is 0 Å². The lowest BCUT2D eigenvalue weighted by Gasteiger charge is -2.18. The molecular formula is C21H27ClN6O9P2S. The number of ether oxygens (including phenoxy) is 1. The number of halogens is 1. The third kappa shape index (κ3) is 7.20. The Hall–Kier alpha value is -1.68. The van der Waals surface area contributed by atoms with Crippen molar-refractivity contribution >= 4 is 55.5 Å². The van der Waals surface area contributed by atoms with E-state index >= 15 is 0 Å². The summed E-state index contributed by atoms with van der Waals surface area (Å²) in [5.74, 6) is 0.398. The average Bonchev–Trinajstić information content (AvgIpc) is 3.55. The van der Waals surface area contributed by atoms with E-state index in [1.807, 2.05) is 18.2 Å². The molecule has 6 N–H and O–H groups in total. The van der Waals surface area contributed by atoms with Crippen LogP contribution in [0.15, 0.2) is 29.4 Å². The lowest BCUT2D eigenvalue weighted by molar-refractivity contribution is -0.0550. The first-order valence-corrected chi connectivity index (χ1v) is 17.1. The predicted octanol–water partition coefficient (Wildman–Crippen LogP) is 1.95. The largest absolute Gasteiger partial charge is 0.387 e. The maximum Gasteiger partial charge on any atom is 0.340 e. The highest BCUT2D eigenvalue weighted by atomic mass is 35.5. The Morgan fingerprint density at radius 1 is 1.15 bits per heavy atom. The number of fused-ring (bicyclic) bond motifs is 1. The quantitative estimate of drug-likeness (QED) is 0.0949. The van der Waals surface area contributed by atoms with Gasteiger partial charge in [0, 0.05) is 17.3 Å². The van der Waals surface area contributed by atoms with Crippen LogP contribution in [0.1, 0.15) is 24.6 Å². The monoisotopic (exact) mass is 636 g/mol. The minimum atomic E-state index is -4.84. The number of hydrogen-bond acceptors (Lipinski definition) is 12. The number of nitrogens with one attached hydrogen (secondary N) is 1. The first-order valence-electron chi connectivity index (χ1n) is 12.2. The standard InChI is InChI=1S/C21H27ClN6O9P2S/c22-13-4-2-1-3-12(13)7-23-18-15-19(25-21(24-18)40-9-11-5-6-11)28(27-26-15)20-17(30)16(29)14(37-20)8-36-39(34,35)10-38(31,32)33/h1-4,11,14,16-17,20,29-30H,5-10H2,(H,34,35)(H,23,24,25)(H2,31,32,33)/t14-,16-,17-,20-/m1/s1. The smallest absolute Gasteiger partial charge is 0.340 e. The van der Waals surface area contributed by atoms with Crippen molar-refractivity contribution < 1.29 is 43.3 Å². The highest BCUT2D eigenvalue weighted by Crippen LogP contribution is 2.55. The van der Waals surface area contributed by atoms with Gasteiger partial charge in [0.05, 0.1) is 6.61 Å². The zero-order valence-electron chi connectivity index (χ0n) is 20.7. The van der Waals surface area contributed by atoms with E-state index in [9.17, 15) is 24.2 Å². The molecule has 1 saturated heterocycles. The van der Waals surface area contributed by atoms with Gasteiger partial charge in [-0.1, -0.05) is 46.8 Å². The van der Waals surface area contributed by atoms with Crippen LogP contribution in [0.5, 0.6) is 0 Å². The molecule has 0 spiro atoms. The van der Waals surface area contributed by atoms with Crippen LogP contribution in [0.25, 0.3) is 11.2 Å². The van der Waals surface area contributed by atoms with Crippen molar-refractivity contribution in [3.63, 3.8) is 0 Å². The van der Waals surface area contributed by atoms with Crippen LogP contribution in [0.4, 0.5) is 5.82 Å². The van der Waals surface area contributed by atoms with Crippen LogP contribution in [0, 0.1) is 5.92 Å². The SMILES string of the molecule is O=P(O)(O)CP(=O)(O)OC[C@H]1O[C@@H](n2nnc3c(NCc4ccccc4Cl)nc(SCC4CC4)nc32)[C@H](O)[C@@H]1O. The summed E-state index contributed by atoms with van der Waals surface area (Å²) in [5.41, 5.74) is 1.31. The van der Waals surface area contributed by atoms with E-state index in [2.05, 4.69) is 25.6 Å². The van der Waals surface area contributed by atoms with E-state index in [0.29, 0.717) is 28.5 Å². The zero-order valence-corrected chi connectivity index (χ0v) is 24.1. The number of hydrogen-bond donors (Lipinski definition) is 6. The van der Waals surface area contributed by atoms with Crippen molar-refractivity contribution in [3.8, 4) is 0 Å². The third-order valence-corrected chi connectivity index (χ3v) is 11.1. The van der Waals surface area contributed by atoms with Crippen molar-refractivity contribution in [2.24, 2.45) is 5.92 Å². The summed E-state index contributed by atoms with van der Waals surface area (Å²) < 4.78 is 34.8. The molecule has 3 aromatic rings. The van der Waals surface area contributed by atoms with E-state index in [1.54, 1.807) is 6.07 Å². The molecule has 1 aromatic carbocycles. The lowest BCUT2D eigenvalue weighted by atomic mass is 10.1. The Labute approximate surface area is 237 Å². The maximum atomic E-state index is 12.0. The van der Waals surface area contributed by atoms with Crippen molar-refractivity contribution in [2.75, 3.05) is 23.6 Å². The average molecular weight is 637 g/mol. The highest BCUT2D eigenvalue weighted by molar-refractivity contribution is 7.99. The molecule has 218 valence electrons. The van der Waals surface area contributed by atoms with Crippen LogP contribution < -0.4 is 5.32 Å². The Balaban J connectivity index is 1.38. The van der Waals surface area contributed by atoms with Gasteiger partial charge in [-0.05, 0) is 30.4 Å². The zero-order chi connectivity index (χ0) is 28.7. The van der Waals surface area contributed by atoms with Crippen molar-refractivity contribution in [2.45, 2.75) is 49.1 Å². The number of thioether (sulfide) groups is 1. The molecule has 5 atom stereocenters. The van der Waals surface area contributed by atoms with Crippen molar-refractivity contribution in [1.82, 2.24) is 25.0 Å². The van der Waals surface area contributed by atoms with Crippen LogP contribution >= 0.6 is 38.6 Å². The molecule has 1 aliphatic heterocycles. The fourth-order valence-corrected chi connectivity index (χ4v) is 7.80. The van der Waals surface area contributed by atoms with E-state index in [-0.39, 0.29) is 11.2 Å². The molecule has 2 fully saturated rings. The predicted molar refractivity (Wildman–Crippen MR) is 144 cm³/mol. The molecule has 1 unspecified atom stereocenters. The Morgan fingerprint density at radius 3 is 2.60 bits per heavy atom. The van der Waals surface area contributed by atoms with Crippen LogP contribution in [-0.2, 0) is 24.9 Å².